The molecule has 2 aromatic rings. The van der Waals surface area contributed by atoms with Crippen molar-refractivity contribution in [3.05, 3.63) is 24.3 Å². The third-order valence-corrected chi connectivity index (χ3v) is 8.03. The number of aromatic amines is 1. The average molecular weight is 446 g/mol. The average Bonchev–Trinajstić information content (AvgIpc) is 3.33. The van der Waals surface area contributed by atoms with E-state index in [1.165, 1.54) is 26.0 Å². The van der Waals surface area contributed by atoms with Gasteiger partial charge in [-0.05, 0) is 51.0 Å². The van der Waals surface area contributed by atoms with Crippen molar-refractivity contribution in [2.45, 2.75) is 55.9 Å². The van der Waals surface area contributed by atoms with E-state index >= 15 is 0 Å². The Kier molecular flexibility index (Phi) is 5.81. The lowest BCUT2D eigenvalue weighted by atomic mass is 10.2. The molecule has 0 unspecified atom stereocenters. The van der Waals surface area contributed by atoms with Gasteiger partial charge in [-0.15, -0.1) is 18.3 Å². The summed E-state index contributed by atoms with van der Waals surface area (Å²) in [6, 6.07) is 4.89. The molecule has 164 valence electrons. The van der Waals surface area contributed by atoms with Gasteiger partial charge in [-0.2, -0.15) is 4.98 Å². The fraction of sp³-hybridized carbons (Fsp3) is 0.500. The van der Waals surface area contributed by atoms with Gasteiger partial charge in [0, 0.05) is 5.56 Å². The fourth-order valence-electron chi connectivity index (χ4n) is 3.26. The van der Waals surface area contributed by atoms with Crippen LogP contribution in [0.3, 0.4) is 0 Å². The van der Waals surface area contributed by atoms with Crippen molar-refractivity contribution in [3.8, 4) is 17.1 Å². The Hall–Kier alpha value is -2.63. The molecule has 1 aliphatic carbocycles. The lowest BCUT2D eigenvalue weighted by Crippen LogP contribution is -2.48. The van der Waals surface area contributed by atoms with Gasteiger partial charge in [-0.3, -0.25) is 15.2 Å². The largest absolute Gasteiger partial charge is 0.573 e. The summed E-state index contributed by atoms with van der Waals surface area (Å²) in [6.07, 6.45) is -2.08. The van der Waals surface area contributed by atoms with Gasteiger partial charge in [0.1, 0.15) is 10.5 Å². The van der Waals surface area contributed by atoms with E-state index in [1.807, 2.05) is 0 Å². The van der Waals surface area contributed by atoms with Crippen molar-refractivity contribution in [2.24, 2.45) is 0 Å². The van der Waals surface area contributed by atoms with Crippen LogP contribution in [0.2, 0.25) is 0 Å². The number of hydrogen-bond acceptors (Lipinski definition) is 6. The van der Waals surface area contributed by atoms with Gasteiger partial charge in [0.25, 0.3) is 0 Å². The van der Waals surface area contributed by atoms with E-state index in [4.69, 9.17) is 0 Å². The van der Waals surface area contributed by atoms with Crippen LogP contribution >= 0.6 is 0 Å². The molecule has 0 spiro atoms. The maximum absolute atomic E-state index is 12.8. The molecule has 0 aliphatic heterocycles. The first-order chi connectivity index (χ1) is 13.9. The third-order valence-electron chi connectivity index (χ3n) is 5.07. The number of carbonyl (C=O) groups is 1. The highest BCUT2D eigenvalue weighted by molar-refractivity contribution is 7.94. The first-order valence-corrected chi connectivity index (χ1v) is 10.8. The third kappa shape index (κ3) is 4.58. The molecule has 3 rings (SSSR count). The molecule has 1 amide bonds. The van der Waals surface area contributed by atoms with Crippen LogP contribution in [-0.4, -0.2) is 45.9 Å². The number of amides is 1. The van der Waals surface area contributed by atoms with E-state index in [0.29, 0.717) is 18.4 Å². The molecule has 2 N–H and O–H groups in total. The number of hydrogen-bond donors (Lipinski definition) is 2. The minimum absolute atomic E-state index is 0.139. The molecule has 1 aromatic carbocycles. The Morgan fingerprint density at radius 2 is 1.77 bits per heavy atom. The van der Waals surface area contributed by atoms with Gasteiger partial charge in [0.15, 0.2) is 15.7 Å². The van der Waals surface area contributed by atoms with Crippen LogP contribution in [0, 0.1) is 0 Å². The van der Waals surface area contributed by atoms with Crippen LogP contribution in [0.5, 0.6) is 5.75 Å². The van der Waals surface area contributed by atoms with Crippen molar-refractivity contribution in [1.29, 1.82) is 0 Å². The highest BCUT2D eigenvalue weighted by Gasteiger charge is 2.47. The molecular formula is C18H21F3N4O4S. The van der Waals surface area contributed by atoms with E-state index in [0.717, 1.165) is 25.0 Å². The molecular weight excluding hydrogens is 425 g/mol. The number of alkyl halides is 3. The SMILES string of the molecule is CC(C)(C(=O)Nc1n[nH]c(-c2ccc(OC(F)(F)F)cc2)n1)S(=O)(=O)C1CCCC1. The van der Waals surface area contributed by atoms with Crippen molar-refractivity contribution < 1.29 is 31.1 Å². The van der Waals surface area contributed by atoms with E-state index in [2.05, 4.69) is 25.2 Å². The molecule has 1 fully saturated rings. The molecule has 1 saturated carbocycles. The molecule has 8 nitrogen and oxygen atoms in total. The van der Waals surface area contributed by atoms with E-state index in [9.17, 15) is 26.4 Å². The Bertz CT molecular complexity index is 1010. The topological polar surface area (TPSA) is 114 Å². The molecule has 1 aromatic heterocycles. The van der Waals surface area contributed by atoms with Gasteiger partial charge in [-0.25, -0.2) is 8.42 Å². The Morgan fingerprint density at radius 3 is 2.33 bits per heavy atom. The summed E-state index contributed by atoms with van der Waals surface area (Å²) < 4.78 is 64.5. The summed E-state index contributed by atoms with van der Waals surface area (Å²) in [4.78, 5) is 16.7. The van der Waals surface area contributed by atoms with Crippen LogP contribution in [0.1, 0.15) is 39.5 Å². The number of nitrogens with one attached hydrogen (secondary N) is 2. The monoisotopic (exact) mass is 446 g/mol. The van der Waals surface area contributed by atoms with E-state index < -0.39 is 37.9 Å². The second kappa shape index (κ2) is 7.89. The number of H-pyrrole nitrogens is 1. The molecule has 12 heteroatoms. The number of benzene rings is 1. The normalized spacial score (nSPS) is 15.9. The van der Waals surface area contributed by atoms with Gasteiger partial charge in [0.2, 0.25) is 11.9 Å². The standard InChI is InChI=1S/C18H21F3N4O4S/c1-17(2,30(27,28)13-5-3-4-6-13)15(26)23-16-22-14(24-25-16)11-7-9-12(10-8-11)29-18(19,20)21/h7-10,13H,3-6H2,1-2H3,(H2,22,23,24,25,26). The van der Waals surface area contributed by atoms with Crippen LogP contribution in [0.15, 0.2) is 24.3 Å². The van der Waals surface area contributed by atoms with Gasteiger partial charge in [-0.1, -0.05) is 12.8 Å². The first kappa shape index (κ1) is 22.1. The zero-order chi connectivity index (χ0) is 22.2. The Morgan fingerprint density at radius 1 is 1.17 bits per heavy atom. The van der Waals surface area contributed by atoms with Gasteiger partial charge >= 0.3 is 6.36 Å². The first-order valence-electron chi connectivity index (χ1n) is 9.23. The van der Waals surface area contributed by atoms with E-state index in [-0.39, 0.29) is 11.8 Å². The maximum atomic E-state index is 12.8. The zero-order valence-corrected chi connectivity index (χ0v) is 17.1. The van der Waals surface area contributed by atoms with Crippen LogP contribution in [-0.2, 0) is 14.6 Å². The number of anilines is 1. The molecule has 0 atom stereocenters. The number of halogens is 3. The van der Waals surface area contributed by atoms with Crippen molar-refractivity contribution in [1.82, 2.24) is 15.2 Å². The minimum atomic E-state index is -4.79. The highest BCUT2D eigenvalue weighted by atomic mass is 32.2. The number of rotatable bonds is 6. The van der Waals surface area contributed by atoms with E-state index in [1.54, 1.807) is 0 Å². The summed E-state index contributed by atoms with van der Waals surface area (Å²) in [6.45, 7) is 2.70. The second-order valence-corrected chi connectivity index (χ2v) is 10.3. The van der Waals surface area contributed by atoms with Gasteiger partial charge in [0.05, 0.1) is 5.25 Å². The van der Waals surface area contributed by atoms with Crippen molar-refractivity contribution in [3.63, 3.8) is 0 Å². The number of sulfone groups is 1. The Labute approximate surface area is 171 Å². The summed E-state index contributed by atoms with van der Waals surface area (Å²) in [7, 11) is -3.71. The lowest BCUT2D eigenvalue weighted by Gasteiger charge is -2.26. The van der Waals surface area contributed by atoms with Crippen molar-refractivity contribution in [2.75, 3.05) is 5.32 Å². The maximum Gasteiger partial charge on any atom is 0.573 e. The number of nitrogens with zero attached hydrogens (tertiary/aromatic N) is 2. The summed E-state index contributed by atoms with van der Waals surface area (Å²) in [5.74, 6) is -1.10. The molecule has 0 bridgehead atoms. The lowest BCUT2D eigenvalue weighted by molar-refractivity contribution is -0.274. The van der Waals surface area contributed by atoms with Crippen molar-refractivity contribution >= 4 is 21.7 Å². The predicted octanol–water partition coefficient (Wildman–Crippen LogP) is 3.44. The summed E-state index contributed by atoms with van der Waals surface area (Å²) >= 11 is 0. The summed E-state index contributed by atoms with van der Waals surface area (Å²) in [5.41, 5.74) is 0.398. The smallest absolute Gasteiger partial charge is 0.406 e. The zero-order valence-electron chi connectivity index (χ0n) is 16.3. The number of aromatic nitrogens is 3. The minimum Gasteiger partial charge on any atom is -0.406 e. The number of ether oxygens (including phenoxy) is 1. The van der Waals surface area contributed by atoms with Crippen LogP contribution < -0.4 is 10.1 Å². The highest BCUT2D eigenvalue weighted by Crippen LogP contribution is 2.33. The van der Waals surface area contributed by atoms with Crippen LogP contribution in [0.25, 0.3) is 11.4 Å². The van der Waals surface area contributed by atoms with Crippen LogP contribution in [0.4, 0.5) is 19.1 Å². The predicted molar refractivity (Wildman–Crippen MR) is 102 cm³/mol. The number of carbonyl (C=O) groups excluding carboxylic acids is 1. The second-order valence-electron chi connectivity index (χ2n) is 7.50. The fourth-order valence-corrected chi connectivity index (χ4v) is 5.35. The molecule has 1 heterocycles. The molecule has 0 saturated heterocycles. The Balaban J connectivity index is 1.71. The molecule has 1 aliphatic rings. The quantitative estimate of drug-likeness (QED) is 0.703. The molecule has 30 heavy (non-hydrogen) atoms. The molecule has 0 radical (unpaired) electrons. The van der Waals surface area contributed by atoms with Gasteiger partial charge < -0.3 is 4.74 Å². The summed E-state index contributed by atoms with van der Waals surface area (Å²) in [5, 5.41) is 8.24.